The summed E-state index contributed by atoms with van der Waals surface area (Å²) in [5.74, 6) is 0.459. The molecule has 0 aromatic carbocycles. The molecule has 0 amide bonds. The van der Waals surface area contributed by atoms with Crippen LogP contribution in [-0.2, 0) is 0 Å². The monoisotopic (exact) mass is 195 g/mol. The van der Waals surface area contributed by atoms with E-state index in [1.54, 1.807) is 10.9 Å². The van der Waals surface area contributed by atoms with E-state index in [-0.39, 0.29) is 6.61 Å². The molecule has 2 heterocycles. The minimum Gasteiger partial charge on any atom is -0.395 e. The molecule has 0 unspecified atom stereocenters. The molecule has 7 N–H and O–H groups in total. The number of aromatic nitrogens is 2. The molecule has 0 fully saturated rings. The van der Waals surface area contributed by atoms with Gasteiger partial charge in [0, 0.05) is 11.6 Å². The van der Waals surface area contributed by atoms with Crippen molar-refractivity contribution in [1.82, 2.24) is 9.66 Å². The predicted octanol–water partition coefficient (Wildman–Crippen LogP) is -0.330. The van der Waals surface area contributed by atoms with Crippen LogP contribution in [0, 0.1) is 0 Å². The van der Waals surface area contributed by atoms with Gasteiger partial charge in [0.15, 0.2) is 0 Å². The average Bonchev–Trinajstić information content (AvgIpc) is 2.72. The van der Waals surface area contributed by atoms with Gasteiger partial charge in [-0.05, 0) is 6.07 Å². The highest BCUT2D eigenvalue weighted by Crippen LogP contribution is 2.28. The molecule has 0 bridgehead atoms. The standard InChI is InChI=1S/C8H13N5O/c9-6-5-1-2-11-8(5)13(7(6)10)12-3-4-14/h1-2,11-12,14H,3-4,9-10H2. The Labute approximate surface area is 80.5 Å². The molecule has 0 spiro atoms. The van der Waals surface area contributed by atoms with Crippen LogP contribution in [0.25, 0.3) is 11.0 Å². The van der Waals surface area contributed by atoms with Gasteiger partial charge in [-0.25, -0.2) is 4.68 Å². The van der Waals surface area contributed by atoms with E-state index in [1.165, 1.54) is 0 Å². The Bertz CT molecular complexity index is 444. The van der Waals surface area contributed by atoms with Crippen molar-refractivity contribution < 1.29 is 5.11 Å². The van der Waals surface area contributed by atoms with Crippen LogP contribution in [0.1, 0.15) is 0 Å². The molecular weight excluding hydrogens is 182 g/mol. The fourth-order valence-corrected chi connectivity index (χ4v) is 1.47. The summed E-state index contributed by atoms with van der Waals surface area (Å²) >= 11 is 0. The van der Waals surface area contributed by atoms with E-state index in [9.17, 15) is 0 Å². The van der Waals surface area contributed by atoms with Crippen LogP contribution in [0.2, 0.25) is 0 Å². The summed E-state index contributed by atoms with van der Waals surface area (Å²) in [5.41, 5.74) is 15.9. The number of aromatic amines is 1. The molecule has 0 atom stereocenters. The third-order valence-corrected chi connectivity index (χ3v) is 2.14. The van der Waals surface area contributed by atoms with Gasteiger partial charge in [-0.1, -0.05) is 0 Å². The summed E-state index contributed by atoms with van der Waals surface area (Å²) in [6.45, 7) is 0.464. The lowest BCUT2D eigenvalue weighted by Crippen LogP contribution is -2.20. The maximum absolute atomic E-state index is 8.69. The number of nitrogens with zero attached hydrogens (tertiary/aromatic N) is 1. The fraction of sp³-hybridized carbons (Fsp3) is 0.250. The van der Waals surface area contributed by atoms with Gasteiger partial charge in [0.2, 0.25) is 0 Å². The minimum atomic E-state index is 0.0414. The predicted molar refractivity (Wildman–Crippen MR) is 56.4 cm³/mol. The Kier molecular flexibility index (Phi) is 1.97. The van der Waals surface area contributed by atoms with Crippen molar-refractivity contribution in [2.24, 2.45) is 0 Å². The zero-order chi connectivity index (χ0) is 10.1. The van der Waals surface area contributed by atoms with Crippen LogP contribution in [-0.4, -0.2) is 27.9 Å². The molecule has 0 aliphatic heterocycles. The number of rotatable bonds is 3. The van der Waals surface area contributed by atoms with Gasteiger partial charge in [0.1, 0.15) is 11.5 Å². The van der Waals surface area contributed by atoms with Crippen molar-refractivity contribution in [2.45, 2.75) is 0 Å². The number of anilines is 2. The maximum Gasteiger partial charge on any atom is 0.148 e. The van der Waals surface area contributed by atoms with Gasteiger partial charge in [-0.2, -0.15) is 0 Å². The van der Waals surface area contributed by atoms with Gasteiger partial charge in [0.05, 0.1) is 18.8 Å². The number of aliphatic hydroxyl groups is 1. The number of H-pyrrole nitrogens is 1. The van der Waals surface area contributed by atoms with E-state index in [0.717, 1.165) is 11.0 Å². The Hall–Kier alpha value is -1.82. The van der Waals surface area contributed by atoms with Crippen molar-refractivity contribution in [3.8, 4) is 0 Å². The Morgan fingerprint density at radius 1 is 1.50 bits per heavy atom. The third kappa shape index (κ3) is 1.08. The molecule has 14 heavy (non-hydrogen) atoms. The van der Waals surface area contributed by atoms with Crippen LogP contribution in [0.5, 0.6) is 0 Å². The lowest BCUT2D eigenvalue weighted by atomic mass is 10.3. The molecule has 2 aromatic heterocycles. The van der Waals surface area contributed by atoms with Crippen molar-refractivity contribution in [1.29, 1.82) is 0 Å². The first kappa shape index (κ1) is 8.76. The second-order valence-electron chi connectivity index (χ2n) is 3.01. The number of fused-ring (bicyclic) bond motifs is 1. The van der Waals surface area contributed by atoms with Crippen molar-refractivity contribution >= 4 is 22.5 Å². The topological polar surface area (TPSA) is 105 Å². The van der Waals surface area contributed by atoms with Gasteiger partial charge in [-0.3, -0.25) is 0 Å². The molecule has 76 valence electrons. The third-order valence-electron chi connectivity index (χ3n) is 2.14. The highest BCUT2D eigenvalue weighted by molar-refractivity contribution is 5.97. The number of hydrogen-bond donors (Lipinski definition) is 5. The number of nitrogen functional groups attached to an aromatic ring is 2. The maximum atomic E-state index is 8.69. The van der Waals surface area contributed by atoms with Crippen molar-refractivity contribution in [3.63, 3.8) is 0 Å². The lowest BCUT2D eigenvalue weighted by molar-refractivity contribution is 0.307. The van der Waals surface area contributed by atoms with Crippen LogP contribution in [0.3, 0.4) is 0 Å². The van der Waals surface area contributed by atoms with E-state index in [0.29, 0.717) is 18.1 Å². The summed E-state index contributed by atoms with van der Waals surface area (Å²) in [4.78, 5) is 3.02. The normalized spacial score (nSPS) is 10.9. The molecular formula is C8H13N5O. The minimum absolute atomic E-state index is 0.0414. The highest BCUT2D eigenvalue weighted by Gasteiger charge is 2.12. The molecule has 6 heteroatoms. The summed E-state index contributed by atoms with van der Waals surface area (Å²) < 4.78 is 1.64. The first-order valence-corrected chi connectivity index (χ1v) is 4.33. The van der Waals surface area contributed by atoms with E-state index in [4.69, 9.17) is 16.6 Å². The smallest absolute Gasteiger partial charge is 0.148 e. The van der Waals surface area contributed by atoms with E-state index >= 15 is 0 Å². The van der Waals surface area contributed by atoms with Crippen LogP contribution in [0.4, 0.5) is 11.5 Å². The molecule has 0 radical (unpaired) electrons. The van der Waals surface area contributed by atoms with Crippen LogP contribution < -0.4 is 16.9 Å². The second kappa shape index (κ2) is 3.15. The number of nitrogens with one attached hydrogen (secondary N) is 2. The van der Waals surface area contributed by atoms with Gasteiger partial charge < -0.3 is 27.0 Å². The summed E-state index contributed by atoms with van der Waals surface area (Å²) in [5, 5.41) is 9.57. The molecule has 2 rings (SSSR count). The lowest BCUT2D eigenvalue weighted by Gasteiger charge is -2.08. The van der Waals surface area contributed by atoms with Crippen LogP contribution in [0.15, 0.2) is 12.3 Å². The molecule has 2 aromatic rings. The number of nitrogens with two attached hydrogens (primary N) is 2. The molecule has 0 saturated heterocycles. The zero-order valence-corrected chi connectivity index (χ0v) is 7.62. The first-order valence-electron chi connectivity index (χ1n) is 4.33. The van der Waals surface area contributed by atoms with Gasteiger partial charge in [-0.15, -0.1) is 0 Å². The summed E-state index contributed by atoms with van der Waals surface area (Å²) in [6.07, 6.45) is 1.79. The zero-order valence-electron chi connectivity index (χ0n) is 7.62. The average molecular weight is 195 g/mol. The number of aliphatic hydroxyl groups excluding tert-OH is 1. The fourth-order valence-electron chi connectivity index (χ4n) is 1.47. The molecule has 0 saturated carbocycles. The SMILES string of the molecule is Nc1c(N)n(NCCO)c2[nH]ccc12. The molecule has 0 aliphatic carbocycles. The Balaban J connectivity index is 2.50. The summed E-state index contributed by atoms with van der Waals surface area (Å²) in [6, 6.07) is 1.86. The largest absolute Gasteiger partial charge is 0.395 e. The quantitative estimate of drug-likeness (QED) is 0.462. The Morgan fingerprint density at radius 2 is 2.29 bits per heavy atom. The molecule has 0 aliphatic rings. The second-order valence-corrected chi connectivity index (χ2v) is 3.01. The van der Waals surface area contributed by atoms with Crippen molar-refractivity contribution in [2.75, 3.05) is 30.0 Å². The first-order chi connectivity index (χ1) is 6.75. The van der Waals surface area contributed by atoms with Crippen LogP contribution >= 0.6 is 0 Å². The van der Waals surface area contributed by atoms with E-state index in [1.807, 2.05) is 6.07 Å². The van der Waals surface area contributed by atoms with Gasteiger partial charge >= 0.3 is 0 Å². The molecule has 6 nitrogen and oxygen atoms in total. The van der Waals surface area contributed by atoms with E-state index in [2.05, 4.69) is 10.4 Å². The Morgan fingerprint density at radius 3 is 3.00 bits per heavy atom. The van der Waals surface area contributed by atoms with E-state index < -0.39 is 0 Å². The number of hydrogen-bond acceptors (Lipinski definition) is 4. The summed E-state index contributed by atoms with van der Waals surface area (Å²) in [7, 11) is 0. The van der Waals surface area contributed by atoms with Crippen molar-refractivity contribution in [3.05, 3.63) is 12.3 Å². The van der Waals surface area contributed by atoms with Gasteiger partial charge in [0.25, 0.3) is 0 Å². The highest BCUT2D eigenvalue weighted by atomic mass is 16.3.